The lowest BCUT2D eigenvalue weighted by Gasteiger charge is -2.27. The van der Waals surface area contributed by atoms with Gasteiger partial charge < -0.3 is 31.5 Å². The van der Waals surface area contributed by atoms with Gasteiger partial charge in [-0.1, -0.05) is 138 Å². The van der Waals surface area contributed by atoms with E-state index in [-0.39, 0.29) is 0 Å². The van der Waals surface area contributed by atoms with Gasteiger partial charge in [-0.2, -0.15) is 0 Å². The van der Waals surface area contributed by atoms with E-state index in [2.05, 4.69) is 96.6 Å². The monoisotopic (exact) mass is 727 g/mol. The molecule has 6 N–H and O–H groups in total. The van der Waals surface area contributed by atoms with Crippen LogP contribution in [-0.4, -0.2) is 84.6 Å². The van der Waals surface area contributed by atoms with Crippen LogP contribution in [0.3, 0.4) is 0 Å². The van der Waals surface area contributed by atoms with Crippen LogP contribution in [0.4, 0.5) is 0 Å². The molecule has 0 aliphatic rings. The molecular formula is C46H86N4O2. The van der Waals surface area contributed by atoms with Gasteiger partial charge in [0, 0.05) is 26.2 Å². The van der Waals surface area contributed by atoms with E-state index < -0.39 is 12.2 Å². The highest BCUT2D eigenvalue weighted by Gasteiger charge is 2.13. The molecule has 0 aromatic heterocycles. The summed E-state index contributed by atoms with van der Waals surface area (Å²) in [6.45, 7) is 10.3. The molecular weight excluding hydrogens is 641 g/mol. The largest absolute Gasteiger partial charge is 0.390 e. The zero-order chi connectivity index (χ0) is 38.0. The maximum atomic E-state index is 10.3. The van der Waals surface area contributed by atoms with Gasteiger partial charge in [0.1, 0.15) is 0 Å². The van der Waals surface area contributed by atoms with Crippen LogP contribution < -0.4 is 11.5 Å². The third-order valence-corrected chi connectivity index (χ3v) is 9.43. The number of aliphatic hydroxyl groups excluding tert-OH is 2. The fraction of sp³-hybridized carbons (Fsp3) is 0.739. The summed E-state index contributed by atoms with van der Waals surface area (Å²) >= 11 is 0. The second-order valence-electron chi connectivity index (χ2n) is 14.5. The van der Waals surface area contributed by atoms with E-state index in [0.717, 1.165) is 77.5 Å². The van der Waals surface area contributed by atoms with Crippen LogP contribution in [-0.2, 0) is 0 Å². The highest BCUT2D eigenvalue weighted by atomic mass is 16.3. The first-order valence-corrected chi connectivity index (χ1v) is 21.7. The molecule has 0 saturated carbocycles. The van der Waals surface area contributed by atoms with Crippen LogP contribution in [0.25, 0.3) is 0 Å². The Morgan fingerprint density at radius 2 is 0.654 bits per heavy atom. The van der Waals surface area contributed by atoms with Crippen molar-refractivity contribution in [2.45, 2.75) is 167 Å². The summed E-state index contributed by atoms with van der Waals surface area (Å²) in [6, 6.07) is 0. The fourth-order valence-corrected chi connectivity index (χ4v) is 6.27. The summed E-state index contributed by atoms with van der Waals surface area (Å²) in [5, 5.41) is 20.5. The van der Waals surface area contributed by atoms with Crippen molar-refractivity contribution in [1.82, 2.24) is 9.80 Å². The predicted molar refractivity (Wildman–Crippen MR) is 231 cm³/mol. The van der Waals surface area contributed by atoms with E-state index in [9.17, 15) is 10.2 Å². The maximum absolute atomic E-state index is 10.3. The van der Waals surface area contributed by atoms with Gasteiger partial charge >= 0.3 is 0 Å². The Balaban J connectivity index is 4.16. The van der Waals surface area contributed by atoms with Gasteiger partial charge in [0.25, 0.3) is 0 Å². The van der Waals surface area contributed by atoms with Crippen molar-refractivity contribution in [3.05, 3.63) is 72.9 Å². The Labute approximate surface area is 323 Å². The van der Waals surface area contributed by atoms with Crippen LogP contribution in [0.15, 0.2) is 72.9 Å². The standard InChI is InChI=1S/C46H86N4O2/c1-3-5-7-9-11-13-15-17-19-21-23-25-27-29-31-33-37-49(43-45(51)41-47)39-35-36-40-50(44-46(52)42-48)38-34-32-30-28-26-24-22-20-18-16-14-12-10-8-6-4-2/h5-8,11-14,17-20,45-46,51-52H,3-4,9-10,15-16,21-44,47-48H2,1-2H3/b7-5-,8-6-,13-11-,14-12-,19-17+,20-18+. The number of unbranched alkanes of at least 4 members (excludes halogenated alkanes) is 13. The van der Waals surface area contributed by atoms with Crippen molar-refractivity contribution >= 4 is 0 Å². The molecule has 0 bridgehead atoms. The van der Waals surface area contributed by atoms with Gasteiger partial charge in [-0.3, -0.25) is 0 Å². The molecule has 0 aromatic rings. The average molecular weight is 727 g/mol. The zero-order valence-corrected chi connectivity index (χ0v) is 34.2. The number of allylic oxidation sites excluding steroid dienone is 12. The lowest BCUT2D eigenvalue weighted by Crippen LogP contribution is -2.39. The lowest BCUT2D eigenvalue weighted by molar-refractivity contribution is 0.107. The Morgan fingerprint density at radius 3 is 0.981 bits per heavy atom. The molecule has 0 aliphatic carbocycles. The van der Waals surface area contributed by atoms with Crippen LogP contribution in [0.5, 0.6) is 0 Å². The van der Waals surface area contributed by atoms with Crippen LogP contribution in [0.2, 0.25) is 0 Å². The number of hydrogen-bond donors (Lipinski definition) is 4. The van der Waals surface area contributed by atoms with Crippen molar-refractivity contribution in [2.75, 3.05) is 52.4 Å². The van der Waals surface area contributed by atoms with Crippen LogP contribution >= 0.6 is 0 Å². The molecule has 0 aromatic carbocycles. The Kier molecular flexibility index (Phi) is 40.5. The molecule has 52 heavy (non-hydrogen) atoms. The first kappa shape index (κ1) is 50.2. The molecule has 302 valence electrons. The third-order valence-electron chi connectivity index (χ3n) is 9.43. The molecule has 0 fully saturated rings. The van der Waals surface area contributed by atoms with E-state index in [4.69, 9.17) is 11.5 Å². The minimum atomic E-state index is -0.459. The third kappa shape index (κ3) is 37.9. The molecule has 6 nitrogen and oxygen atoms in total. The van der Waals surface area contributed by atoms with Crippen LogP contribution in [0.1, 0.15) is 155 Å². The van der Waals surface area contributed by atoms with Gasteiger partial charge in [-0.25, -0.2) is 0 Å². The highest BCUT2D eigenvalue weighted by molar-refractivity contribution is 4.98. The molecule has 0 amide bonds. The molecule has 2 unspecified atom stereocenters. The molecule has 0 radical (unpaired) electrons. The number of nitrogens with zero attached hydrogens (tertiary/aromatic N) is 2. The predicted octanol–water partition coefficient (Wildman–Crippen LogP) is 10.2. The second-order valence-corrected chi connectivity index (χ2v) is 14.5. The quantitative estimate of drug-likeness (QED) is 0.0372. The van der Waals surface area contributed by atoms with Gasteiger partial charge in [-0.15, -0.1) is 0 Å². The van der Waals surface area contributed by atoms with E-state index in [1.54, 1.807) is 0 Å². The Hall–Kier alpha value is -1.80. The summed E-state index contributed by atoms with van der Waals surface area (Å²) < 4.78 is 0. The summed E-state index contributed by atoms with van der Waals surface area (Å²) in [5.41, 5.74) is 11.5. The molecule has 0 spiro atoms. The van der Waals surface area contributed by atoms with E-state index in [1.807, 2.05) is 0 Å². The van der Waals surface area contributed by atoms with Gasteiger partial charge in [0.05, 0.1) is 12.2 Å². The number of rotatable bonds is 39. The zero-order valence-electron chi connectivity index (χ0n) is 34.2. The lowest BCUT2D eigenvalue weighted by atomic mass is 10.1. The molecule has 0 aliphatic heterocycles. The molecule has 6 heteroatoms. The smallest absolute Gasteiger partial charge is 0.0789 e. The number of aliphatic hydroxyl groups is 2. The normalized spacial score (nSPS) is 14.1. The minimum Gasteiger partial charge on any atom is -0.390 e. The van der Waals surface area contributed by atoms with Crippen LogP contribution in [0, 0.1) is 0 Å². The Bertz CT molecular complexity index is 825. The SMILES string of the molecule is CC/C=C\C/C=C\C/C=C/CCCCCCCCN(CCCCN(CCCCCCCC/C=C/C/C=C\C/C=C\CC)CC(O)CN)CC(O)CN. The van der Waals surface area contributed by atoms with Gasteiger partial charge in [0.2, 0.25) is 0 Å². The van der Waals surface area contributed by atoms with Gasteiger partial charge in [0.15, 0.2) is 0 Å². The number of hydrogen-bond acceptors (Lipinski definition) is 6. The van der Waals surface area contributed by atoms with E-state index in [0.29, 0.717) is 26.2 Å². The fourth-order valence-electron chi connectivity index (χ4n) is 6.27. The van der Waals surface area contributed by atoms with Crippen molar-refractivity contribution in [2.24, 2.45) is 11.5 Å². The molecule has 2 atom stereocenters. The first-order chi connectivity index (χ1) is 25.6. The summed E-state index contributed by atoms with van der Waals surface area (Å²) in [7, 11) is 0. The average Bonchev–Trinajstić information content (AvgIpc) is 3.15. The summed E-state index contributed by atoms with van der Waals surface area (Å²) in [6.07, 6.45) is 52.4. The summed E-state index contributed by atoms with van der Waals surface area (Å²) in [5.74, 6) is 0. The topological polar surface area (TPSA) is 99.0 Å². The molecule has 0 heterocycles. The van der Waals surface area contributed by atoms with E-state index >= 15 is 0 Å². The van der Waals surface area contributed by atoms with Crippen molar-refractivity contribution in [3.63, 3.8) is 0 Å². The summed E-state index contributed by atoms with van der Waals surface area (Å²) in [4.78, 5) is 4.83. The van der Waals surface area contributed by atoms with Crippen molar-refractivity contribution in [3.8, 4) is 0 Å². The van der Waals surface area contributed by atoms with Gasteiger partial charge in [-0.05, 0) is 116 Å². The molecule has 0 rings (SSSR count). The molecule has 0 saturated heterocycles. The maximum Gasteiger partial charge on any atom is 0.0789 e. The first-order valence-electron chi connectivity index (χ1n) is 21.7. The van der Waals surface area contributed by atoms with Crippen molar-refractivity contribution < 1.29 is 10.2 Å². The highest BCUT2D eigenvalue weighted by Crippen LogP contribution is 2.12. The second kappa shape index (κ2) is 41.9. The Morgan fingerprint density at radius 1 is 0.385 bits per heavy atom. The van der Waals surface area contributed by atoms with E-state index in [1.165, 1.54) is 89.9 Å². The van der Waals surface area contributed by atoms with Crippen molar-refractivity contribution in [1.29, 1.82) is 0 Å². The minimum absolute atomic E-state index is 0.314. The number of nitrogens with two attached hydrogens (primary N) is 2.